The monoisotopic (exact) mass is 693 g/mol. The Kier molecular flexibility index (Phi) is 10.3. The molecule has 1 amide bonds. The van der Waals surface area contributed by atoms with E-state index in [1.54, 1.807) is 11.3 Å². The molecule has 0 saturated carbocycles. The molecule has 12 heteroatoms. The van der Waals surface area contributed by atoms with E-state index < -0.39 is 35.0 Å². The molecule has 5 nitrogen and oxygen atoms in total. The summed E-state index contributed by atoms with van der Waals surface area (Å²) in [4.78, 5) is 21.3. The number of aliphatic hydroxyl groups is 1. The van der Waals surface area contributed by atoms with Gasteiger partial charge >= 0.3 is 12.4 Å². The van der Waals surface area contributed by atoms with E-state index in [1.807, 2.05) is 41.8 Å². The van der Waals surface area contributed by atoms with Crippen molar-refractivity contribution in [1.82, 2.24) is 14.7 Å². The van der Waals surface area contributed by atoms with Crippen LogP contribution in [0.25, 0.3) is 0 Å². The first kappa shape index (κ1) is 34.9. The topological polar surface area (TPSA) is 47.0 Å². The summed E-state index contributed by atoms with van der Waals surface area (Å²) in [5, 5.41) is 12.1. The number of benzene rings is 2. The zero-order valence-corrected chi connectivity index (χ0v) is 27.5. The van der Waals surface area contributed by atoms with Crippen LogP contribution in [0.1, 0.15) is 76.5 Å². The Balaban J connectivity index is 1.14. The van der Waals surface area contributed by atoms with Crippen LogP contribution >= 0.6 is 11.3 Å². The second-order valence-corrected chi connectivity index (χ2v) is 14.6. The van der Waals surface area contributed by atoms with Crippen LogP contribution in [0.3, 0.4) is 0 Å². The molecule has 3 aliphatic rings. The summed E-state index contributed by atoms with van der Waals surface area (Å²) in [5.41, 5.74) is -2.36. The maximum atomic E-state index is 13.8. The Morgan fingerprint density at radius 2 is 1.48 bits per heavy atom. The molecule has 1 N–H and O–H groups in total. The average Bonchev–Trinajstić information content (AvgIpc) is 3.60. The molecule has 3 aromatic rings. The molecule has 1 aromatic heterocycles. The van der Waals surface area contributed by atoms with Gasteiger partial charge in [-0.15, -0.1) is 11.3 Å². The van der Waals surface area contributed by atoms with E-state index in [1.165, 1.54) is 9.78 Å². The van der Waals surface area contributed by atoms with Crippen LogP contribution in [0.2, 0.25) is 0 Å². The number of rotatable bonds is 7. The lowest BCUT2D eigenvalue weighted by Crippen LogP contribution is -2.55. The smallest absolute Gasteiger partial charge is 0.394 e. The quantitative estimate of drug-likeness (QED) is 0.256. The minimum atomic E-state index is -5.03. The molecular weight excluding hydrogens is 652 g/mol. The molecule has 2 aromatic carbocycles. The maximum Gasteiger partial charge on any atom is 0.416 e. The number of carbonyl (C=O) groups is 1. The zero-order valence-electron chi connectivity index (χ0n) is 26.6. The lowest BCUT2D eigenvalue weighted by atomic mass is 9.70. The van der Waals surface area contributed by atoms with Gasteiger partial charge in [0.1, 0.15) is 0 Å². The predicted octanol–water partition coefficient (Wildman–Crippen LogP) is 7.91. The fourth-order valence-corrected chi connectivity index (χ4v) is 8.84. The van der Waals surface area contributed by atoms with E-state index >= 15 is 0 Å². The third kappa shape index (κ3) is 7.77. The molecule has 0 aliphatic carbocycles. The van der Waals surface area contributed by atoms with E-state index in [0.717, 1.165) is 57.4 Å². The largest absolute Gasteiger partial charge is 0.416 e. The third-order valence-electron chi connectivity index (χ3n) is 10.8. The molecule has 3 atom stereocenters. The number of thiophene rings is 1. The molecule has 1 spiro atoms. The molecule has 3 unspecified atom stereocenters. The number of halogens is 6. The standard InChI is InChI=1S/C36H41F6N3O2S/c37-35(38,39)27-20-26(21-28(22-27)36(40,41)42)33(47)45-13-8-29(23-30(45)19-25-5-2-1-3-6-25)43-14-9-34(10-15-43)11-16-44(17-12-34)31(24-46)32-7-4-18-48-32/h1-7,18,20-22,29-31,46H,8-17,19,23-24H2. The Bertz CT molecular complexity index is 1480. The highest BCUT2D eigenvalue weighted by Crippen LogP contribution is 2.44. The van der Waals surface area contributed by atoms with Gasteiger partial charge in [0.25, 0.3) is 5.91 Å². The number of hydrogen-bond acceptors (Lipinski definition) is 5. The van der Waals surface area contributed by atoms with Gasteiger partial charge in [-0.3, -0.25) is 9.69 Å². The van der Waals surface area contributed by atoms with Crippen molar-refractivity contribution in [3.8, 4) is 0 Å². The van der Waals surface area contributed by atoms with Crippen molar-refractivity contribution in [2.24, 2.45) is 5.41 Å². The number of alkyl halides is 6. The van der Waals surface area contributed by atoms with E-state index in [9.17, 15) is 36.2 Å². The molecule has 0 bridgehead atoms. The molecule has 4 heterocycles. The van der Waals surface area contributed by atoms with E-state index in [0.29, 0.717) is 31.4 Å². The highest BCUT2D eigenvalue weighted by Gasteiger charge is 2.43. The summed E-state index contributed by atoms with van der Waals surface area (Å²) in [6, 6.07) is 14.5. The van der Waals surface area contributed by atoms with Gasteiger partial charge in [-0.05, 0) is 112 Å². The normalized spacial score (nSPS) is 23.4. The first-order chi connectivity index (χ1) is 22.8. The average molecular weight is 694 g/mol. The minimum absolute atomic E-state index is 0.0351. The number of aliphatic hydroxyl groups excluding tert-OH is 1. The van der Waals surface area contributed by atoms with Gasteiger partial charge in [0.15, 0.2) is 0 Å². The fourth-order valence-electron chi connectivity index (χ4n) is 7.99. The highest BCUT2D eigenvalue weighted by molar-refractivity contribution is 7.10. The highest BCUT2D eigenvalue weighted by atomic mass is 32.1. The van der Waals surface area contributed by atoms with Crippen molar-refractivity contribution in [3.63, 3.8) is 0 Å². The van der Waals surface area contributed by atoms with E-state index in [4.69, 9.17) is 0 Å². The lowest BCUT2D eigenvalue weighted by molar-refractivity contribution is -0.143. The molecule has 3 fully saturated rings. The van der Waals surface area contributed by atoms with Crippen LogP contribution in [0.5, 0.6) is 0 Å². The Morgan fingerprint density at radius 3 is 2.04 bits per heavy atom. The number of hydrogen-bond donors (Lipinski definition) is 1. The molecule has 260 valence electrons. The van der Waals surface area contributed by atoms with Crippen molar-refractivity contribution in [2.75, 3.05) is 39.3 Å². The number of piperidine rings is 3. The van der Waals surface area contributed by atoms with E-state index in [2.05, 4.69) is 15.9 Å². The lowest BCUT2D eigenvalue weighted by Gasteiger charge is -2.51. The first-order valence-corrected chi connectivity index (χ1v) is 17.5. The summed E-state index contributed by atoms with van der Waals surface area (Å²) >= 11 is 1.67. The van der Waals surface area contributed by atoms with Gasteiger partial charge in [-0.2, -0.15) is 26.3 Å². The van der Waals surface area contributed by atoms with Gasteiger partial charge in [0.2, 0.25) is 0 Å². The number of carbonyl (C=O) groups excluding carboxylic acids is 1. The van der Waals surface area contributed by atoms with Crippen molar-refractivity contribution in [3.05, 3.63) is 93.2 Å². The summed E-state index contributed by atoms with van der Waals surface area (Å²) in [5.74, 6) is -0.806. The van der Waals surface area contributed by atoms with Crippen LogP contribution in [-0.2, 0) is 18.8 Å². The SMILES string of the molecule is O=C(c1cc(C(F)(F)F)cc(C(F)(F)F)c1)N1CCC(N2CCC3(CC2)CCN(C(CO)c2cccs2)CC3)CC1Cc1ccccc1. The van der Waals surface area contributed by atoms with Gasteiger partial charge in [0.05, 0.1) is 23.8 Å². The van der Waals surface area contributed by atoms with Crippen molar-refractivity contribution >= 4 is 17.2 Å². The number of nitrogens with zero attached hydrogens (tertiary/aromatic N) is 3. The van der Waals surface area contributed by atoms with Gasteiger partial charge in [-0.25, -0.2) is 0 Å². The predicted molar refractivity (Wildman–Crippen MR) is 173 cm³/mol. The third-order valence-corrected chi connectivity index (χ3v) is 11.8. The van der Waals surface area contributed by atoms with E-state index in [-0.39, 0.29) is 42.8 Å². The molecule has 3 aliphatic heterocycles. The van der Waals surface area contributed by atoms with Gasteiger partial charge in [-0.1, -0.05) is 36.4 Å². The Labute approximate surface area is 281 Å². The Hall–Kier alpha value is -2.93. The minimum Gasteiger partial charge on any atom is -0.394 e. The molecular formula is C36H41F6N3O2S. The summed E-state index contributed by atoms with van der Waals surface area (Å²) in [6.45, 7) is 4.05. The number of likely N-dealkylation sites (tertiary alicyclic amines) is 3. The van der Waals surface area contributed by atoms with Crippen LogP contribution < -0.4 is 0 Å². The second-order valence-electron chi connectivity index (χ2n) is 13.6. The second kappa shape index (κ2) is 14.1. The number of amides is 1. The van der Waals surface area contributed by atoms with Crippen LogP contribution in [-0.4, -0.2) is 77.1 Å². The molecule has 48 heavy (non-hydrogen) atoms. The van der Waals surface area contributed by atoms with Crippen LogP contribution in [0, 0.1) is 5.41 Å². The van der Waals surface area contributed by atoms with Crippen LogP contribution in [0.4, 0.5) is 26.3 Å². The Morgan fingerprint density at radius 1 is 0.854 bits per heavy atom. The first-order valence-electron chi connectivity index (χ1n) is 16.6. The zero-order chi connectivity index (χ0) is 34.1. The van der Waals surface area contributed by atoms with Crippen molar-refractivity contribution in [2.45, 2.75) is 75.4 Å². The maximum absolute atomic E-state index is 13.8. The summed E-state index contributed by atoms with van der Waals surface area (Å²) in [7, 11) is 0. The van der Waals surface area contributed by atoms with Crippen LogP contribution in [0.15, 0.2) is 66.0 Å². The summed E-state index contributed by atoms with van der Waals surface area (Å²) in [6.07, 6.45) is -4.16. The van der Waals surface area contributed by atoms with Gasteiger partial charge < -0.3 is 14.9 Å². The van der Waals surface area contributed by atoms with Crippen molar-refractivity contribution < 1.29 is 36.2 Å². The fraction of sp³-hybridized carbons (Fsp3) is 0.528. The van der Waals surface area contributed by atoms with Gasteiger partial charge in [0, 0.05) is 29.1 Å². The molecule has 0 radical (unpaired) electrons. The van der Waals surface area contributed by atoms with Crippen molar-refractivity contribution in [1.29, 1.82) is 0 Å². The molecule has 6 rings (SSSR count). The molecule has 3 saturated heterocycles. The summed E-state index contributed by atoms with van der Waals surface area (Å²) < 4.78 is 81.7.